The zero-order chi connectivity index (χ0) is 20.5. The molecule has 1 N–H and O–H groups in total. The van der Waals surface area contributed by atoms with Crippen molar-refractivity contribution in [3.8, 4) is 0 Å². The van der Waals surface area contributed by atoms with E-state index in [9.17, 15) is 19.7 Å². The highest BCUT2D eigenvalue weighted by atomic mass is 35.5. The van der Waals surface area contributed by atoms with Crippen LogP contribution in [0.2, 0.25) is 5.02 Å². The van der Waals surface area contributed by atoms with Gasteiger partial charge in [0.05, 0.1) is 4.92 Å². The van der Waals surface area contributed by atoms with Crippen molar-refractivity contribution in [3.05, 3.63) is 62.7 Å². The van der Waals surface area contributed by atoms with Gasteiger partial charge < -0.3 is 15.0 Å². The number of hydrogen-bond donors (Lipinski definition) is 1. The van der Waals surface area contributed by atoms with E-state index >= 15 is 0 Å². The average Bonchev–Trinajstić information content (AvgIpc) is 3.37. The molecule has 0 radical (unpaired) electrons. The zero-order valence-corrected chi connectivity index (χ0v) is 16.1. The predicted molar refractivity (Wildman–Crippen MR) is 108 cm³/mol. The fraction of sp³-hybridized carbons (Fsp3) is 0.300. The van der Waals surface area contributed by atoms with E-state index in [4.69, 9.17) is 16.3 Å². The Morgan fingerprint density at radius 1 is 1.24 bits per heavy atom. The van der Waals surface area contributed by atoms with Gasteiger partial charge in [0.25, 0.3) is 17.5 Å². The molecule has 1 unspecified atom stereocenters. The molecule has 0 aromatic heterocycles. The highest BCUT2D eigenvalue weighted by Gasteiger charge is 2.32. The van der Waals surface area contributed by atoms with Crippen LogP contribution in [0.3, 0.4) is 0 Å². The lowest BCUT2D eigenvalue weighted by atomic mass is 10.1. The number of amides is 2. The van der Waals surface area contributed by atoms with E-state index in [2.05, 4.69) is 5.32 Å². The standard InChI is InChI=1S/C20H18ClN3O5/c21-15-6-4-13(10-17(15)24(27)28)19(25)22-14-5-3-12-7-8-23(16(12)11-14)20(26)18-2-1-9-29-18/h3-6,10-11,18H,1-2,7-9H2,(H,22,25). The molecule has 0 aliphatic carbocycles. The second kappa shape index (κ2) is 7.81. The Bertz CT molecular complexity index is 1000. The summed E-state index contributed by atoms with van der Waals surface area (Å²) >= 11 is 5.80. The zero-order valence-electron chi connectivity index (χ0n) is 15.4. The SMILES string of the molecule is O=C(Nc1ccc2c(c1)N(C(=O)C1CCCO1)CC2)c1ccc(Cl)c([N+](=O)[O-])c1. The Morgan fingerprint density at radius 3 is 2.79 bits per heavy atom. The lowest BCUT2D eigenvalue weighted by Gasteiger charge is -2.21. The Hall–Kier alpha value is -2.97. The third kappa shape index (κ3) is 3.81. The molecular formula is C20H18ClN3O5. The number of carbonyl (C=O) groups excluding carboxylic acids is 2. The van der Waals surface area contributed by atoms with Gasteiger partial charge in [-0.25, -0.2) is 0 Å². The number of fused-ring (bicyclic) bond motifs is 1. The molecule has 0 bridgehead atoms. The first-order valence-electron chi connectivity index (χ1n) is 9.25. The summed E-state index contributed by atoms with van der Waals surface area (Å²) < 4.78 is 5.51. The van der Waals surface area contributed by atoms with Gasteiger partial charge in [0.15, 0.2) is 0 Å². The predicted octanol–water partition coefficient (Wildman–Crippen LogP) is 3.57. The number of carbonyl (C=O) groups is 2. The number of nitro groups is 1. The maximum Gasteiger partial charge on any atom is 0.288 e. The number of benzene rings is 2. The van der Waals surface area contributed by atoms with E-state index in [0.29, 0.717) is 18.8 Å². The van der Waals surface area contributed by atoms with E-state index in [1.807, 2.05) is 6.07 Å². The molecule has 2 aromatic rings. The summed E-state index contributed by atoms with van der Waals surface area (Å²) in [4.78, 5) is 37.4. The van der Waals surface area contributed by atoms with Gasteiger partial charge in [-0.15, -0.1) is 0 Å². The molecule has 9 heteroatoms. The maximum atomic E-state index is 12.7. The molecule has 1 fully saturated rings. The van der Waals surface area contributed by atoms with E-state index in [-0.39, 0.29) is 22.2 Å². The molecule has 29 heavy (non-hydrogen) atoms. The van der Waals surface area contributed by atoms with Gasteiger partial charge in [0, 0.05) is 36.2 Å². The summed E-state index contributed by atoms with van der Waals surface area (Å²) in [5.74, 6) is -0.558. The Morgan fingerprint density at radius 2 is 2.07 bits per heavy atom. The molecule has 2 aliphatic heterocycles. The van der Waals surface area contributed by atoms with Crippen LogP contribution in [0.15, 0.2) is 36.4 Å². The van der Waals surface area contributed by atoms with Gasteiger partial charge in [-0.1, -0.05) is 17.7 Å². The molecule has 1 atom stereocenters. The largest absolute Gasteiger partial charge is 0.368 e. The van der Waals surface area contributed by atoms with Gasteiger partial charge in [-0.3, -0.25) is 19.7 Å². The number of rotatable bonds is 4. The molecular weight excluding hydrogens is 398 g/mol. The first kappa shape index (κ1) is 19.4. The molecule has 2 aliphatic rings. The van der Waals surface area contributed by atoms with Crippen molar-refractivity contribution in [2.24, 2.45) is 0 Å². The van der Waals surface area contributed by atoms with E-state index in [1.54, 1.807) is 17.0 Å². The van der Waals surface area contributed by atoms with Gasteiger partial charge in [0.1, 0.15) is 11.1 Å². The monoisotopic (exact) mass is 415 g/mol. The number of nitrogens with one attached hydrogen (secondary N) is 1. The maximum absolute atomic E-state index is 12.7. The topological polar surface area (TPSA) is 102 Å². The van der Waals surface area contributed by atoms with E-state index < -0.39 is 16.9 Å². The van der Waals surface area contributed by atoms with Crippen LogP contribution < -0.4 is 10.2 Å². The molecule has 2 heterocycles. The fourth-order valence-electron chi connectivity index (χ4n) is 3.63. The number of nitro benzene ring substituents is 1. The first-order valence-corrected chi connectivity index (χ1v) is 9.63. The van der Waals surface area contributed by atoms with Crippen molar-refractivity contribution in [3.63, 3.8) is 0 Å². The summed E-state index contributed by atoms with van der Waals surface area (Å²) in [6.45, 7) is 1.18. The molecule has 150 valence electrons. The van der Waals surface area contributed by atoms with Crippen molar-refractivity contribution in [1.29, 1.82) is 0 Å². The molecule has 2 aromatic carbocycles. The minimum absolute atomic E-state index is 0.0348. The number of hydrogen-bond acceptors (Lipinski definition) is 5. The summed E-state index contributed by atoms with van der Waals surface area (Å²) in [7, 11) is 0. The van der Waals surface area contributed by atoms with Crippen LogP contribution in [0.1, 0.15) is 28.8 Å². The van der Waals surface area contributed by atoms with Crippen molar-refractivity contribution in [1.82, 2.24) is 0 Å². The molecule has 0 saturated carbocycles. The number of ether oxygens (including phenoxy) is 1. The Labute approximate surface area is 171 Å². The van der Waals surface area contributed by atoms with Crippen molar-refractivity contribution >= 4 is 40.5 Å². The van der Waals surface area contributed by atoms with Crippen molar-refractivity contribution < 1.29 is 19.2 Å². The smallest absolute Gasteiger partial charge is 0.288 e. The van der Waals surface area contributed by atoms with Crippen LogP contribution in [0, 0.1) is 10.1 Å². The minimum Gasteiger partial charge on any atom is -0.368 e. The van der Waals surface area contributed by atoms with E-state index in [1.165, 1.54) is 12.1 Å². The minimum atomic E-state index is -0.636. The lowest BCUT2D eigenvalue weighted by molar-refractivity contribution is -0.384. The lowest BCUT2D eigenvalue weighted by Crippen LogP contribution is -2.37. The summed E-state index contributed by atoms with van der Waals surface area (Å²) in [5, 5.41) is 13.7. The second-order valence-corrected chi connectivity index (χ2v) is 7.37. The molecule has 1 saturated heterocycles. The van der Waals surface area contributed by atoms with Gasteiger partial charge in [-0.2, -0.15) is 0 Å². The van der Waals surface area contributed by atoms with Crippen LogP contribution in [-0.4, -0.2) is 36.0 Å². The molecule has 4 rings (SSSR count). The molecule has 2 amide bonds. The van der Waals surface area contributed by atoms with Crippen molar-refractivity contribution in [2.75, 3.05) is 23.4 Å². The van der Waals surface area contributed by atoms with Crippen LogP contribution >= 0.6 is 11.6 Å². The summed E-state index contributed by atoms with van der Waals surface area (Å²) in [6, 6.07) is 9.25. The fourth-order valence-corrected chi connectivity index (χ4v) is 3.82. The van der Waals surface area contributed by atoms with E-state index in [0.717, 1.165) is 36.6 Å². The highest BCUT2D eigenvalue weighted by molar-refractivity contribution is 6.32. The second-order valence-electron chi connectivity index (χ2n) is 6.96. The molecule has 0 spiro atoms. The molecule has 8 nitrogen and oxygen atoms in total. The number of nitrogens with zero attached hydrogens (tertiary/aromatic N) is 2. The average molecular weight is 416 g/mol. The normalized spacial score (nSPS) is 17.8. The van der Waals surface area contributed by atoms with Crippen LogP contribution in [0.5, 0.6) is 0 Å². The number of halogens is 1. The Kier molecular flexibility index (Phi) is 5.21. The van der Waals surface area contributed by atoms with Gasteiger partial charge >= 0.3 is 0 Å². The third-order valence-electron chi connectivity index (χ3n) is 5.11. The van der Waals surface area contributed by atoms with Gasteiger partial charge in [0.2, 0.25) is 0 Å². The quantitative estimate of drug-likeness (QED) is 0.607. The highest BCUT2D eigenvalue weighted by Crippen LogP contribution is 2.33. The van der Waals surface area contributed by atoms with Crippen LogP contribution in [0.25, 0.3) is 0 Å². The summed E-state index contributed by atoms with van der Waals surface area (Å²) in [5.41, 5.74) is 2.07. The Balaban J connectivity index is 1.54. The van der Waals surface area contributed by atoms with Gasteiger partial charge in [-0.05, 0) is 49.1 Å². The van der Waals surface area contributed by atoms with Crippen LogP contribution in [0.4, 0.5) is 17.1 Å². The van der Waals surface area contributed by atoms with Crippen LogP contribution in [-0.2, 0) is 16.0 Å². The summed E-state index contributed by atoms with van der Waals surface area (Å²) in [6.07, 6.45) is 1.93. The number of anilines is 2. The van der Waals surface area contributed by atoms with Crippen molar-refractivity contribution in [2.45, 2.75) is 25.4 Å². The third-order valence-corrected chi connectivity index (χ3v) is 5.43. The first-order chi connectivity index (χ1) is 13.9.